The molecule has 0 aliphatic carbocycles. The number of aromatic nitrogens is 4. The fraction of sp³-hybridized carbons (Fsp3) is 0.125. The van der Waals surface area contributed by atoms with Crippen molar-refractivity contribution in [2.75, 3.05) is 7.11 Å². The standard InChI is InChI=1S/C8H7IN4O2/c1-15-6-7(10-4-11-8(6)14)13-3-5(9)2-12-13/h2-4H,1H3,(H,10,11,14). The lowest BCUT2D eigenvalue weighted by Crippen LogP contribution is -2.14. The number of H-pyrrole nitrogens is 1. The molecule has 78 valence electrons. The summed E-state index contributed by atoms with van der Waals surface area (Å²) in [5, 5.41) is 4.05. The van der Waals surface area contributed by atoms with Crippen LogP contribution in [0.15, 0.2) is 23.5 Å². The zero-order chi connectivity index (χ0) is 10.8. The second kappa shape index (κ2) is 4.01. The highest BCUT2D eigenvalue weighted by molar-refractivity contribution is 14.1. The van der Waals surface area contributed by atoms with E-state index in [0.29, 0.717) is 5.82 Å². The van der Waals surface area contributed by atoms with Gasteiger partial charge in [-0.25, -0.2) is 9.67 Å². The lowest BCUT2D eigenvalue weighted by Gasteiger charge is -2.04. The van der Waals surface area contributed by atoms with Gasteiger partial charge < -0.3 is 9.72 Å². The Morgan fingerprint density at radius 1 is 1.60 bits per heavy atom. The fourth-order valence-electron chi connectivity index (χ4n) is 1.14. The molecular formula is C8H7IN4O2. The summed E-state index contributed by atoms with van der Waals surface area (Å²) in [5.74, 6) is 0.529. The summed E-state index contributed by atoms with van der Waals surface area (Å²) in [6.07, 6.45) is 4.74. The van der Waals surface area contributed by atoms with Crippen LogP contribution in [-0.2, 0) is 0 Å². The van der Waals surface area contributed by atoms with Crippen molar-refractivity contribution in [3.05, 3.63) is 32.6 Å². The van der Waals surface area contributed by atoms with E-state index in [1.54, 1.807) is 12.4 Å². The van der Waals surface area contributed by atoms with Crippen molar-refractivity contribution in [3.63, 3.8) is 0 Å². The normalized spacial score (nSPS) is 10.3. The first-order valence-electron chi connectivity index (χ1n) is 4.04. The van der Waals surface area contributed by atoms with Crippen LogP contribution in [0.1, 0.15) is 0 Å². The zero-order valence-corrected chi connectivity index (χ0v) is 9.93. The lowest BCUT2D eigenvalue weighted by atomic mass is 10.5. The van der Waals surface area contributed by atoms with E-state index in [1.165, 1.54) is 18.1 Å². The Bertz CT molecular complexity index is 533. The molecular weight excluding hydrogens is 311 g/mol. The molecule has 0 bridgehead atoms. The van der Waals surface area contributed by atoms with Gasteiger partial charge in [0.25, 0.3) is 5.56 Å². The first-order chi connectivity index (χ1) is 7.22. The minimum absolute atomic E-state index is 0.150. The predicted molar refractivity (Wildman–Crippen MR) is 61.2 cm³/mol. The van der Waals surface area contributed by atoms with Gasteiger partial charge in [-0.1, -0.05) is 0 Å². The Morgan fingerprint density at radius 2 is 2.40 bits per heavy atom. The number of nitrogens with one attached hydrogen (secondary N) is 1. The van der Waals surface area contributed by atoms with Crippen LogP contribution in [0.3, 0.4) is 0 Å². The minimum atomic E-state index is -0.326. The van der Waals surface area contributed by atoms with Crippen LogP contribution in [0.4, 0.5) is 0 Å². The van der Waals surface area contributed by atoms with Crippen molar-refractivity contribution in [1.82, 2.24) is 19.7 Å². The third kappa shape index (κ3) is 1.87. The Balaban J connectivity index is 2.62. The summed E-state index contributed by atoms with van der Waals surface area (Å²) >= 11 is 2.12. The molecule has 7 heteroatoms. The fourth-order valence-corrected chi connectivity index (χ4v) is 1.53. The topological polar surface area (TPSA) is 72.8 Å². The van der Waals surface area contributed by atoms with Gasteiger partial charge in [-0.2, -0.15) is 5.10 Å². The van der Waals surface area contributed by atoms with E-state index in [0.717, 1.165) is 3.57 Å². The summed E-state index contributed by atoms with van der Waals surface area (Å²) in [6, 6.07) is 0. The average molecular weight is 318 g/mol. The minimum Gasteiger partial charge on any atom is -0.488 e. The molecule has 0 saturated heterocycles. The summed E-state index contributed by atoms with van der Waals surface area (Å²) in [4.78, 5) is 17.8. The average Bonchev–Trinajstić information content (AvgIpc) is 2.64. The van der Waals surface area contributed by atoms with E-state index in [2.05, 4.69) is 37.7 Å². The predicted octanol–water partition coefficient (Wildman–Crippen LogP) is 0.569. The van der Waals surface area contributed by atoms with Gasteiger partial charge in [0.15, 0.2) is 0 Å². The molecule has 2 heterocycles. The third-order valence-electron chi connectivity index (χ3n) is 1.76. The number of methoxy groups -OCH3 is 1. The van der Waals surface area contributed by atoms with Gasteiger partial charge in [0.05, 0.1) is 23.2 Å². The maximum Gasteiger partial charge on any atom is 0.295 e. The molecule has 2 aromatic heterocycles. The molecule has 0 amide bonds. The van der Waals surface area contributed by atoms with E-state index in [1.807, 2.05) is 0 Å². The molecule has 2 rings (SSSR count). The molecule has 2 aromatic rings. The molecule has 0 atom stereocenters. The second-order valence-electron chi connectivity index (χ2n) is 2.69. The monoisotopic (exact) mass is 318 g/mol. The van der Waals surface area contributed by atoms with Gasteiger partial charge in [0.1, 0.15) is 0 Å². The molecule has 0 aromatic carbocycles. The Morgan fingerprint density at radius 3 is 3.00 bits per heavy atom. The smallest absolute Gasteiger partial charge is 0.295 e. The highest BCUT2D eigenvalue weighted by Gasteiger charge is 2.11. The van der Waals surface area contributed by atoms with E-state index in [4.69, 9.17) is 4.74 Å². The first kappa shape index (κ1) is 10.1. The van der Waals surface area contributed by atoms with E-state index in [-0.39, 0.29) is 11.3 Å². The number of hydrogen-bond donors (Lipinski definition) is 1. The number of halogens is 1. The van der Waals surface area contributed by atoms with E-state index >= 15 is 0 Å². The van der Waals surface area contributed by atoms with E-state index < -0.39 is 0 Å². The maximum atomic E-state index is 11.4. The zero-order valence-electron chi connectivity index (χ0n) is 7.77. The van der Waals surface area contributed by atoms with Crippen LogP contribution < -0.4 is 10.3 Å². The van der Waals surface area contributed by atoms with Crippen molar-refractivity contribution in [3.8, 4) is 11.6 Å². The number of rotatable bonds is 2. The summed E-state index contributed by atoms with van der Waals surface area (Å²) in [5.41, 5.74) is -0.326. The highest BCUT2D eigenvalue weighted by Crippen LogP contribution is 2.14. The maximum absolute atomic E-state index is 11.4. The van der Waals surface area contributed by atoms with Crippen LogP contribution in [0.5, 0.6) is 5.75 Å². The molecule has 0 spiro atoms. The quantitative estimate of drug-likeness (QED) is 0.822. The van der Waals surface area contributed by atoms with Crippen LogP contribution in [0, 0.1) is 3.57 Å². The molecule has 0 aliphatic heterocycles. The molecule has 1 N–H and O–H groups in total. The Kier molecular flexibility index (Phi) is 2.71. The molecule has 0 aliphatic rings. The Hall–Kier alpha value is -1.38. The molecule has 6 nitrogen and oxygen atoms in total. The van der Waals surface area contributed by atoms with Crippen molar-refractivity contribution < 1.29 is 4.74 Å². The van der Waals surface area contributed by atoms with Gasteiger partial charge in [0, 0.05) is 6.20 Å². The SMILES string of the molecule is COc1c(-n2cc(I)cn2)nc[nH]c1=O. The summed E-state index contributed by atoms with van der Waals surface area (Å²) in [6.45, 7) is 0. The van der Waals surface area contributed by atoms with Crippen LogP contribution in [-0.4, -0.2) is 26.9 Å². The molecule has 0 fully saturated rings. The van der Waals surface area contributed by atoms with Crippen molar-refractivity contribution in [1.29, 1.82) is 0 Å². The molecule has 0 unspecified atom stereocenters. The van der Waals surface area contributed by atoms with Crippen LogP contribution in [0.2, 0.25) is 0 Å². The number of aromatic amines is 1. The Labute approximate surface area is 98.4 Å². The van der Waals surface area contributed by atoms with Gasteiger partial charge in [-0.3, -0.25) is 4.79 Å². The lowest BCUT2D eigenvalue weighted by molar-refractivity contribution is 0.402. The molecule has 0 saturated carbocycles. The number of nitrogens with zero attached hydrogens (tertiary/aromatic N) is 3. The van der Waals surface area contributed by atoms with Crippen molar-refractivity contribution >= 4 is 22.6 Å². The van der Waals surface area contributed by atoms with Gasteiger partial charge in [-0.05, 0) is 22.6 Å². The van der Waals surface area contributed by atoms with Crippen LogP contribution >= 0.6 is 22.6 Å². The largest absolute Gasteiger partial charge is 0.488 e. The van der Waals surface area contributed by atoms with E-state index in [9.17, 15) is 4.79 Å². The molecule has 0 radical (unpaired) electrons. The number of hydrogen-bond acceptors (Lipinski definition) is 4. The first-order valence-corrected chi connectivity index (χ1v) is 5.12. The van der Waals surface area contributed by atoms with Gasteiger partial charge in [0.2, 0.25) is 11.6 Å². The second-order valence-corrected chi connectivity index (χ2v) is 3.94. The van der Waals surface area contributed by atoms with Gasteiger partial charge >= 0.3 is 0 Å². The van der Waals surface area contributed by atoms with Gasteiger partial charge in [-0.15, -0.1) is 0 Å². The summed E-state index contributed by atoms with van der Waals surface area (Å²) < 4.78 is 7.42. The third-order valence-corrected chi connectivity index (χ3v) is 2.32. The van der Waals surface area contributed by atoms with Crippen LogP contribution in [0.25, 0.3) is 5.82 Å². The summed E-state index contributed by atoms with van der Waals surface area (Å²) in [7, 11) is 1.42. The highest BCUT2D eigenvalue weighted by atomic mass is 127. The molecule has 15 heavy (non-hydrogen) atoms. The number of ether oxygens (including phenoxy) is 1. The van der Waals surface area contributed by atoms with Crippen molar-refractivity contribution in [2.24, 2.45) is 0 Å². The van der Waals surface area contributed by atoms with Crippen molar-refractivity contribution in [2.45, 2.75) is 0 Å².